The largest absolute Gasteiger partial charge is 0.481 e. The van der Waals surface area contributed by atoms with Crippen molar-refractivity contribution in [3.63, 3.8) is 0 Å². The lowest BCUT2D eigenvalue weighted by Gasteiger charge is -2.32. The van der Waals surface area contributed by atoms with Gasteiger partial charge in [0.05, 0.1) is 19.1 Å². The predicted molar refractivity (Wildman–Crippen MR) is 65.1 cm³/mol. The molecule has 1 heterocycles. The van der Waals surface area contributed by atoms with Crippen LogP contribution in [0.1, 0.15) is 32.6 Å². The van der Waals surface area contributed by atoms with E-state index in [-0.39, 0.29) is 25.0 Å². The van der Waals surface area contributed by atoms with Crippen molar-refractivity contribution in [2.45, 2.75) is 38.7 Å². The van der Waals surface area contributed by atoms with Gasteiger partial charge in [-0.25, -0.2) is 0 Å². The van der Waals surface area contributed by atoms with Crippen LogP contribution in [0.25, 0.3) is 0 Å². The van der Waals surface area contributed by atoms with E-state index in [0.717, 1.165) is 32.4 Å². The summed E-state index contributed by atoms with van der Waals surface area (Å²) in [6.45, 7) is 3.89. The van der Waals surface area contributed by atoms with Crippen LogP contribution in [0.2, 0.25) is 0 Å². The lowest BCUT2D eigenvalue weighted by atomic mass is 10.1. The topological polar surface area (TPSA) is 66.8 Å². The molecule has 0 aromatic rings. The van der Waals surface area contributed by atoms with Gasteiger partial charge in [0.1, 0.15) is 0 Å². The van der Waals surface area contributed by atoms with Crippen molar-refractivity contribution in [3.8, 4) is 0 Å². The number of carboxylic acid groups (broad SMARTS) is 1. The molecule has 1 aliphatic heterocycles. The second-order valence-corrected chi connectivity index (χ2v) is 5.36. The van der Waals surface area contributed by atoms with Gasteiger partial charge in [0.15, 0.2) is 0 Å². The fraction of sp³-hybridized carbons (Fsp3) is 0.846. The van der Waals surface area contributed by atoms with Crippen LogP contribution in [0.4, 0.5) is 0 Å². The molecule has 2 rings (SSSR count). The van der Waals surface area contributed by atoms with Crippen LogP contribution in [0.15, 0.2) is 0 Å². The maximum Gasteiger partial charge on any atom is 0.305 e. The Morgan fingerprint density at radius 2 is 1.94 bits per heavy atom. The van der Waals surface area contributed by atoms with Crippen molar-refractivity contribution >= 4 is 11.9 Å². The van der Waals surface area contributed by atoms with Crippen LogP contribution in [-0.4, -0.2) is 47.7 Å². The van der Waals surface area contributed by atoms with Gasteiger partial charge in [-0.1, -0.05) is 6.92 Å². The number of nitrogens with zero attached hydrogens (tertiary/aromatic N) is 1. The quantitative estimate of drug-likeness (QED) is 0.799. The van der Waals surface area contributed by atoms with Crippen molar-refractivity contribution in [2.24, 2.45) is 11.8 Å². The molecule has 5 nitrogen and oxygen atoms in total. The Morgan fingerprint density at radius 3 is 2.44 bits per heavy atom. The number of carbonyl (C=O) groups is 2. The number of likely N-dealkylation sites (tertiary alicyclic amines) is 1. The SMILES string of the molecule is CC1CC1C(=O)N1CCC(OCCC(=O)O)CC1. The molecule has 5 heteroatoms. The Morgan fingerprint density at radius 1 is 1.33 bits per heavy atom. The number of ether oxygens (including phenoxy) is 1. The average Bonchev–Trinajstić information content (AvgIpc) is 3.06. The summed E-state index contributed by atoms with van der Waals surface area (Å²) in [4.78, 5) is 24.3. The van der Waals surface area contributed by atoms with Crippen molar-refractivity contribution in [1.82, 2.24) is 4.90 Å². The van der Waals surface area contributed by atoms with Gasteiger partial charge in [-0.3, -0.25) is 9.59 Å². The van der Waals surface area contributed by atoms with Crippen LogP contribution in [0.3, 0.4) is 0 Å². The monoisotopic (exact) mass is 255 g/mol. The first kappa shape index (κ1) is 13.3. The third-order valence-corrected chi connectivity index (χ3v) is 3.85. The molecule has 2 unspecified atom stereocenters. The summed E-state index contributed by atoms with van der Waals surface area (Å²) >= 11 is 0. The molecule has 1 saturated heterocycles. The van der Waals surface area contributed by atoms with Crippen LogP contribution in [0, 0.1) is 11.8 Å². The molecule has 0 aromatic carbocycles. The third kappa shape index (κ3) is 3.45. The van der Waals surface area contributed by atoms with Gasteiger partial charge in [-0.2, -0.15) is 0 Å². The highest BCUT2D eigenvalue weighted by molar-refractivity contribution is 5.81. The number of hydrogen-bond acceptors (Lipinski definition) is 3. The number of carbonyl (C=O) groups excluding carboxylic acids is 1. The van der Waals surface area contributed by atoms with E-state index in [9.17, 15) is 9.59 Å². The van der Waals surface area contributed by atoms with E-state index in [4.69, 9.17) is 9.84 Å². The van der Waals surface area contributed by atoms with Gasteiger partial charge in [0.25, 0.3) is 0 Å². The summed E-state index contributed by atoms with van der Waals surface area (Å²) in [5, 5.41) is 8.52. The molecule has 0 spiro atoms. The Labute approximate surface area is 107 Å². The van der Waals surface area contributed by atoms with Crippen LogP contribution < -0.4 is 0 Å². The van der Waals surface area contributed by atoms with Gasteiger partial charge in [0.2, 0.25) is 5.91 Å². The summed E-state index contributed by atoms with van der Waals surface area (Å²) < 4.78 is 5.50. The Hall–Kier alpha value is -1.10. The molecule has 1 aliphatic carbocycles. The van der Waals surface area contributed by atoms with Crippen molar-refractivity contribution in [3.05, 3.63) is 0 Å². The zero-order valence-corrected chi connectivity index (χ0v) is 10.8. The Kier molecular flexibility index (Phi) is 4.22. The smallest absolute Gasteiger partial charge is 0.305 e. The Balaban J connectivity index is 1.65. The minimum Gasteiger partial charge on any atom is -0.481 e. The van der Waals surface area contributed by atoms with Gasteiger partial charge < -0.3 is 14.7 Å². The summed E-state index contributed by atoms with van der Waals surface area (Å²) in [5.41, 5.74) is 0. The summed E-state index contributed by atoms with van der Waals surface area (Å²) in [6, 6.07) is 0. The first-order valence-corrected chi connectivity index (χ1v) is 6.70. The Bertz CT molecular complexity index is 323. The summed E-state index contributed by atoms with van der Waals surface area (Å²) in [5.74, 6) is 0.285. The van der Waals surface area contributed by atoms with Crippen LogP contribution in [-0.2, 0) is 14.3 Å². The minimum absolute atomic E-state index is 0.0543. The fourth-order valence-electron chi connectivity index (χ4n) is 2.46. The average molecular weight is 255 g/mol. The maximum atomic E-state index is 12.0. The summed E-state index contributed by atoms with van der Waals surface area (Å²) in [7, 11) is 0. The molecule has 2 atom stereocenters. The predicted octanol–water partition coefficient (Wildman–Crippen LogP) is 1.12. The molecule has 0 bridgehead atoms. The van der Waals surface area contributed by atoms with E-state index < -0.39 is 5.97 Å². The zero-order valence-electron chi connectivity index (χ0n) is 10.8. The number of piperidine rings is 1. The number of carboxylic acids is 1. The number of amides is 1. The van der Waals surface area contributed by atoms with Gasteiger partial charge in [-0.05, 0) is 25.2 Å². The van der Waals surface area contributed by atoms with E-state index in [1.807, 2.05) is 4.90 Å². The van der Waals surface area contributed by atoms with E-state index in [2.05, 4.69) is 6.92 Å². The number of rotatable bonds is 5. The van der Waals surface area contributed by atoms with Crippen molar-refractivity contribution in [1.29, 1.82) is 0 Å². The van der Waals surface area contributed by atoms with Crippen LogP contribution in [0.5, 0.6) is 0 Å². The molecule has 0 aromatic heterocycles. The van der Waals surface area contributed by atoms with Gasteiger partial charge in [0, 0.05) is 19.0 Å². The molecular weight excluding hydrogens is 234 g/mol. The second kappa shape index (κ2) is 5.69. The third-order valence-electron chi connectivity index (χ3n) is 3.85. The number of hydrogen-bond donors (Lipinski definition) is 1. The first-order chi connectivity index (χ1) is 8.58. The molecule has 2 aliphatic rings. The molecule has 2 fully saturated rings. The van der Waals surface area contributed by atoms with E-state index >= 15 is 0 Å². The molecule has 0 radical (unpaired) electrons. The zero-order chi connectivity index (χ0) is 13.1. The molecule has 1 saturated carbocycles. The molecule has 1 amide bonds. The summed E-state index contributed by atoms with van der Waals surface area (Å²) in [6.07, 6.45) is 2.86. The highest BCUT2D eigenvalue weighted by Crippen LogP contribution is 2.39. The highest BCUT2D eigenvalue weighted by Gasteiger charge is 2.42. The highest BCUT2D eigenvalue weighted by atomic mass is 16.5. The molecule has 18 heavy (non-hydrogen) atoms. The lowest BCUT2D eigenvalue weighted by Crippen LogP contribution is -2.42. The van der Waals surface area contributed by atoms with Gasteiger partial charge >= 0.3 is 5.97 Å². The second-order valence-electron chi connectivity index (χ2n) is 5.36. The van der Waals surface area contributed by atoms with Crippen LogP contribution >= 0.6 is 0 Å². The fourth-order valence-corrected chi connectivity index (χ4v) is 2.46. The van der Waals surface area contributed by atoms with E-state index in [1.54, 1.807) is 0 Å². The molecule has 1 N–H and O–H groups in total. The minimum atomic E-state index is -0.828. The van der Waals surface area contributed by atoms with Crippen molar-refractivity contribution < 1.29 is 19.4 Å². The van der Waals surface area contributed by atoms with Crippen molar-refractivity contribution in [2.75, 3.05) is 19.7 Å². The molecule has 102 valence electrons. The maximum absolute atomic E-state index is 12.0. The number of aliphatic carboxylic acids is 1. The van der Waals surface area contributed by atoms with E-state index in [0.29, 0.717) is 11.8 Å². The molecular formula is C13H21NO4. The first-order valence-electron chi connectivity index (χ1n) is 6.70. The van der Waals surface area contributed by atoms with E-state index in [1.165, 1.54) is 0 Å². The standard InChI is InChI=1S/C13H21NO4/c1-9-8-11(9)13(17)14-5-2-10(3-6-14)18-7-4-12(15)16/h9-11H,2-8H2,1H3,(H,15,16). The normalized spacial score (nSPS) is 28.2. The van der Waals surface area contributed by atoms with Gasteiger partial charge in [-0.15, -0.1) is 0 Å². The lowest BCUT2D eigenvalue weighted by molar-refractivity contribution is -0.139.